The van der Waals surface area contributed by atoms with Crippen molar-refractivity contribution in [2.45, 2.75) is 19.5 Å². The molecule has 1 saturated heterocycles. The Morgan fingerprint density at radius 3 is 2.37 bits per heavy atom. The summed E-state index contributed by atoms with van der Waals surface area (Å²) in [4.78, 5) is 18.0. The lowest BCUT2D eigenvalue weighted by Crippen LogP contribution is -3.28. The Morgan fingerprint density at radius 2 is 1.50 bits per heavy atom. The molecule has 2 aliphatic heterocycles. The van der Waals surface area contributed by atoms with Crippen LogP contribution in [0.3, 0.4) is 0 Å². The van der Waals surface area contributed by atoms with Crippen LogP contribution in [-0.2, 0) is 24.3 Å². The molecule has 0 aliphatic carbocycles. The molecule has 2 N–H and O–H groups in total. The molecule has 4 heteroatoms. The summed E-state index contributed by atoms with van der Waals surface area (Å²) in [6.45, 7) is 7.79. The van der Waals surface area contributed by atoms with Crippen molar-refractivity contribution in [3.8, 4) is 0 Å². The predicted molar refractivity (Wildman–Crippen MR) is 119 cm³/mol. The minimum atomic E-state index is 0.317. The summed E-state index contributed by atoms with van der Waals surface area (Å²) in [5.74, 6) is 0.317. The van der Waals surface area contributed by atoms with Crippen molar-refractivity contribution in [1.82, 2.24) is 4.90 Å². The van der Waals surface area contributed by atoms with Gasteiger partial charge in [-0.1, -0.05) is 66.7 Å². The molecule has 0 spiro atoms. The molecule has 5 rings (SSSR count). The maximum atomic E-state index is 12.9. The lowest BCUT2D eigenvalue weighted by Gasteiger charge is -2.33. The van der Waals surface area contributed by atoms with E-state index < -0.39 is 0 Å². The number of carbonyl (C=O) groups is 1. The standard InChI is InChI=1S/C26H29N3O/c30-26(29-13-12-21-6-1-2-8-23(21)19-29)20-28-16-14-27(15-17-28)18-24-10-5-9-22-7-3-4-11-25(22)24/h1-11H,12-20H2/p+2. The van der Waals surface area contributed by atoms with Crippen LogP contribution < -0.4 is 9.80 Å². The third kappa shape index (κ3) is 4.11. The SMILES string of the molecule is O=C(C[NH+]1CC[NH+](Cc2cccc3ccccc23)CC1)N1CCc2ccccc2C1. The maximum absolute atomic E-state index is 12.9. The van der Waals surface area contributed by atoms with E-state index >= 15 is 0 Å². The highest BCUT2D eigenvalue weighted by Crippen LogP contribution is 2.18. The summed E-state index contributed by atoms with van der Waals surface area (Å²) in [7, 11) is 0. The van der Waals surface area contributed by atoms with Crippen LogP contribution in [0.5, 0.6) is 0 Å². The van der Waals surface area contributed by atoms with Gasteiger partial charge in [0.1, 0.15) is 32.7 Å². The Morgan fingerprint density at radius 1 is 0.800 bits per heavy atom. The molecular formula is C26H31N3O+2. The van der Waals surface area contributed by atoms with E-state index in [9.17, 15) is 4.79 Å². The van der Waals surface area contributed by atoms with Crippen LogP contribution in [0, 0.1) is 0 Å². The number of hydrogen-bond donors (Lipinski definition) is 2. The highest BCUT2D eigenvalue weighted by atomic mass is 16.2. The zero-order valence-electron chi connectivity index (χ0n) is 17.6. The second-order valence-electron chi connectivity index (χ2n) is 8.83. The maximum Gasteiger partial charge on any atom is 0.278 e. The van der Waals surface area contributed by atoms with Gasteiger partial charge in [0.05, 0.1) is 0 Å². The molecule has 0 radical (unpaired) electrons. The van der Waals surface area contributed by atoms with Crippen LogP contribution in [0.25, 0.3) is 10.8 Å². The molecule has 0 unspecified atom stereocenters. The van der Waals surface area contributed by atoms with Crippen molar-refractivity contribution >= 4 is 16.7 Å². The molecule has 2 heterocycles. The molecule has 3 aromatic rings. The topological polar surface area (TPSA) is 29.2 Å². The summed E-state index contributed by atoms with van der Waals surface area (Å²) < 4.78 is 0. The van der Waals surface area contributed by atoms with Crippen molar-refractivity contribution in [2.24, 2.45) is 0 Å². The van der Waals surface area contributed by atoms with Crippen molar-refractivity contribution in [3.63, 3.8) is 0 Å². The van der Waals surface area contributed by atoms with Crippen LogP contribution in [0.4, 0.5) is 0 Å². The second-order valence-corrected chi connectivity index (χ2v) is 8.83. The molecule has 1 amide bonds. The average molecular weight is 402 g/mol. The molecule has 2 aliphatic rings. The number of rotatable bonds is 4. The lowest BCUT2D eigenvalue weighted by molar-refractivity contribution is -1.02. The van der Waals surface area contributed by atoms with E-state index in [1.165, 1.54) is 32.4 Å². The Bertz CT molecular complexity index is 1030. The Kier molecular flexibility index (Phi) is 5.52. The zero-order chi connectivity index (χ0) is 20.3. The van der Waals surface area contributed by atoms with Gasteiger partial charge >= 0.3 is 0 Å². The quantitative estimate of drug-likeness (QED) is 0.663. The van der Waals surface area contributed by atoms with Gasteiger partial charge in [-0.05, 0) is 28.3 Å². The Balaban J connectivity index is 1.14. The minimum absolute atomic E-state index is 0.317. The Labute approximate surface area is 178 Å². The number of carbonyl (C=O) groups excluding carboxylic acids is 1. The number of nitrogens with one attached hydrogen (secondary N) is 2. The fraction of sp³-hybridized carbons (Fsp3) is 0.346. The van der Waals surface area contributed by atoms with Crippen LogP contribution >= 0.6 is 0 Å². The molecular weight excluding hydrogens is 370 g/mol. The number of fused-ring (bicyclic) bond motifs is 2. The first kappa shape index (κ1) is 19.3. The summed E-state index contributed by atoms with van der Waals surface area (Å²) in [5.41, 5.74) is 4.16. The van der Waals surface area contributed by atoms with Gasteiger partial charge in [-0.25, -0.2) is 0 Å². The number of hydrogen-bond acceptors (Lipinski definition) is 1. The molecule has 0 saturated carbocycles. The van der Waals surface area contributed by atoms with Gasteiger partial charge < -0.3 is 14.7 Å². The first-order chi connectivity index (χ1) is 14.8. The van der Waals surface area contributed by atoms with Crippen molar-refractivity contribution in [3.05, 3.63) is 83.4 Å². The van der Waals surface area contributed by atoms with Gasteiger partial charge in [0, 0.05) is 18.7 Å². The average Bonchev–Trinajstić information content (AvgIpc) is 2.80. The highest BCUT2D eigenvalue weighted by molar-refractivity contribution is 5.85. The third-order valence-corrected chi connectivity index (χ3v) is 6.87. The monoisotopic (exact) mass is 401 g/mol. The molecule has 0 atom stereocenters. The van der Waals surface area contributed by atoms with E-state index in [0.717, 1.165) is 52.2 Å². The first-order valence-electron chi connectivity index (χ1n) is 11.2. The number of amides is 1. The highest BCUT2D eigenvalue weighted by Gasteiger charge is 2.28. The predicted octanol–water partition coefficient (Wildman–Crippen LogP) is 0.708. The van der Waals surface area contributed by atoms with E-state index in [4.69, 9.17) is 0 Å². The number of nitrogens with zero attached hydrogens (tertiary/aromatic N) is 1. The first-order valence-corrected chi connectivity index (χ1v) is 11.2. The normalized spacial score (nSPS) is 21.4. The molecule has 3 aromatic carbocycles. The summed E-state index contributed by atoms with van der Waals surface area (Å²) in [6, 6.07) is 23.9. The van der Waals surface area contributed by atoms with Crippen LogP contribution in [-0.4, -0.2) is 50.1 Å². The summed E-state index contributed by atoms with van der Waals surface area (Å²) in [6.07, 6.45) is 0.986. The number of benzene rings is 3. The molecule has 0 bridgehead atoms. The van der Waals surface area contributed by atoms with E-state index in [1.54, 1.807) is 4.90 Å². The fourth-order valence-corrected chi connectivity index (χ4v) is 5.06. The van der Waals surface area contributed by atoms with Crippen molar-refractivity contribution in [1.29, 1.82) is 0 Å². The molecule has 0 aromatic heterocycles. The third-order valence-electron chi connectivity index (χ3n) is 6.87. The molecule has 1 fully saturated rings. The molecule has 4 nitrogen and oxygen atoms in total. The zero-order valence-corrected chi connectivity index (χ0v) is 17.6. The number of quaternary nitrogens is 2. The smallest absolute Gasteiger partial charge is 0.278 e. The lowest BCUT2D eigenvalue weighted by atomic mass is 10.00. The largest absolute Gasteiger partial charge is 0.333 e. The van der Waals surface area contributed by atoms with E-state index in [0.29, 0.717) is 12.5 Å². The van der Waals surface area contributed by atoms with Crippen molar-refractivity contribution in [2.75, 3.05) is 39.3 Å². The summed E-state index contributed by atoms with van der Waals surface area (Å²) in [5, 5.41) is 2.70. The summed E-state index contributed by atoms with van der Waals surface area (Å²) >= 11 is 0. The molecule has 30 heavy (non-hydrogen) atoms. The van der Waals surface area contributed by atoms with Gasteiger partial charge in [0.25, 0.3) is 5.91 Å². The fourth-order valence-electron chi connectivity index (χ4n) is 5.06. The second kappa shape index (κ2) is 8.58. The van der Waals surface area contributed by atoms with Crippen LogP contribution in [0.2, 0.25) is 0 Å². The van der Waals surface area contributed by atoms with Gasteiger partial charge in [-0.2, -0.15) is 0 Å². The van der Waals surface area contributed by atoms with E-state index in [2.05, 4.69) is 71.6 Å². The molecule has 154 valence electrons. The van der Waals surface area contributed by atoms with Gasteiger partial charge in [-0.3, -0.25) is 4.79 Å². The van der Waals surface area contributed by atoms with Crippen LogP contribution in [0.15, 0.2) is 66.7 Å². The Hall–Kier alpha value is -2.69. The van der Waals surface area contributed by atoms with Crippen molar-refractivity contribution < 1.29 is 14.6 Å². The number of piperazine rings is 1. The van der Waals surface area contributed by atoms with E-state index in [1.807, 2.05) is 0 Å². The minimum Gasteiger partial charge on any atom is -0.333 e. The van der Waals surface area contributed by atoms with Gasteiger partial charge in [0.2, 0.25) is 0 Å². The van der Waals surface area contributed by atoms with E-state index in [-0.39, 0.29) is 0 Å². The van der Waals surface area contributed by atoms with Gasteiger partial charge in [0.15, 0.2) is 6.54 Å². The van der Waals surface area contributed by atoms with Gasteiger partial charge in [-0.15, -0.1) is 0 Å². The van der Waals surface area contributed by atoms with Crippen LogP contribution in [0.1, 0.15) is 16.7 Å².